The predicted octanol–water partition coefficient (Wildman–Crippen LogP) is 3.29. The van der Waals surface area contributed by atoms with Gasteiger partial charge >= 0.3 is 0 Å². The standard InChI is InChI=1S/C14H17ClN2O/c1-14(2)8-16-11-7-9(15)3-6-12(11)17(13(14)18)10-4-5-10/h3,6-7,10,16H,4-5,8H2,1-2H3. The van der Waals surface area contributed by atoms with Gasteiger partial charge in [-0.25, -0.2) is 0 Å². The van der Waals surface area contributed by atoms with E-state index in [9.17, 15) is 4.79 Å². The summed E-state index contributed by atoms with van der Waals surface area (Å²) in [6, 6.07) is 6.07. The third-order valence-electron chi connectivity index (χ3n) is 3.65. The Kier molecular flexibility index (Phi) is 2.56. The van der Waals surface area contributed by atoms with Gasteiger partial charge < -0.3 is 10.2 Å². The molecular formula is C14H17ClN2O. The van der Waals surface area contributed by atoms with Crippen LogP contribution in [0, 0.1) is 5.41 Å². The number of nitrogens with one attached hydrogen (secondary N) is 1. The van der Waals surface area contributed by atoms with Crippen molar-refractivity contribution >= 4 is 28.9 Å². The number of carbonyl (C=O) groups excluding carboxylic acids is 1. The quantitative estimate of drug-likeness (QED) is 0.844. The van der Waals surface area contributed by atoms with Crippen molar-refractivity contribution in [3.8, 4) is 0 Å². The summed E-state index contributed by atoms with van der Waals surface area (Å²) in [7, 11) is 0. The van der Waals surface area contributed by atoms with Gasteiger partial charge in [-0.15, -0.1) is 0 Å². The topological polar surface area (TPSA) is 32.3 Å². The highest BCUT2D eigenvalue weighted by atomic mass is 35.5. The maximum Gasteiger partial charge on any atom is 0.234 e. The van der Waals surface area contributed by atoms with Gasteiger partial charge in [0.05, 0.1) is 16.8 Å². The van der Waals surface area contributed by atoms with Crippen LogP contribution in [0.4, 0.5) is 11.4 Å². The molecule has 1 aliphatic carbocycles. The van der Waals surface area contributed by atoms with Crippen LogP contribution < -0.4 is 10.2 Å². The summed E-state index contributed by atoms with van der Waals surface area (Å²) in [5.74, 6) is 0.207. The summed E-state index contributed by atoms with van der Waals surface area (Å²) in [6.07, 6.45) is 2.20. The molecule has 0 spiro atoms. The third kappa shape index (κ3) is 1.87. The molecule has 3 rings (SSSR count). The summed E-state index contributed by atoms with van der Waals surface area (Å²) in [4.78, 5) is 14.6. The molecule has 2 aliphatic rings. The number of anilines is 2. The van der Waals surface area contributed by atoms with Crippen molar-refractivity contribution in [2.75, 3.05) is 16.8 Å². The Morgan fingerprint density at radius 2 is 2.11 bits per heavy atom. The minimum atomic E-state index is -0.381. The van der Waals surface area contributed by atoms with E-state index in [0.717, 1.165) is 24.2 Å². The van der Waals surface area contributed by atoms with E-state index in [-0.39, 0.29) is 11.3 Å². The predicted molar refractivity (Wildman–Crippen MR) is 74.2 cm³/mol. The van der Waals surface area contributed by atoms with Crippen LogP contribution in [0.5, 0.6) is 0 Å². The maximum absolute atomic E-state index is 12.6. The van der Waals surface area contributed by atoms with E-state index in [1.807, 2.05) is 36.9 Å². The van der Waals surface area contributed by atoms with Crippen LogP contribution in [0.2, 0.25) is 5.02 Å². The molecule has 1 aliphatic heterocycles. The smallest absolute Gasteiger partial charge is 0.234 e. The number of hydrogen-bond acceptors (Lipinski definition) is 2. The molecule has 1 aromatic rings. The average molecular weight is 265 g/mol. The number of halogens is 1. The van der Waals surface area contributed by atoms with Crippen LogP contribution in [0.3, 0.4) is 0 Å². The van der Waals surface area contributed by atoms with E-state index in [2.05, 4.69) is 5.32 Å². The molecule has 1 fully saturated rings. The van der Waals surface area contributed by atoms with Gasteiger partial charge in [-0.2, -0.15) is 0 Å². The highest BCUT2D eigenvalue weighted by Gasteiger charge is 2.43. The second-order valence-corrected chi connectivity index (χ2v) is 6.24. The first-order valence-electron chi connectivity index (χ1n) is 6.36. The number of amides is 1. The Hall–Kier alpha value is -1.22. The number of fused-ring (bicyclic) bond motifs is 1. The largest absolute Gasteiger partial charge is 0.382 e. The molecule has 0 unspecified atom stereocenters. The molecule has 0 bridgehead atoms. The number of hydrogen-bond donors (Lipinski definition) is 1. The van der Waals surface area contributed by atoms with Gasteiger partial charge in [-0.1, -0.05) is 11.6 Å². The van der Waals surface area contributed by atoms with Gasteiger partial charge in [0.2, 0.25) is 5.91 Å². The Balaban J connectivity index is 2.10. The molecule has 1 aromatic carbocycles. The van der Waals surface area contributed by atoms with E-state index in [1.165, 1.54) is 0 Å². The zero-order chi connectivity index (χ0) is 12.9. The van der Waals surface area contributed by atoms with Crippen LogP contribution >= 0.6 is 11.6 Å². The summed E-state index contributed by atoms with van der Waals surface area (Å²) < 4.78 is 0. The number of rotatable bonds is 1. The van der Waals surface area contributed by atoms with Crippen LogP contribution in [-0.4, -0.2) is 18.5 Å². The van der Waals surface area contributed by atoms with Crippen molar-refractivity contribution in [2.24, 2.45) is 5.41 Å². The van der Waals surface area contributed by atoms with Gasteiger partial charge in [-0.05, 0) is 44.9 Å². The molecule has 1 saturated carbocycles. The molecule has 0 saturated heterocycles. The number of nitrogens with zero attached hydrogens (tertiary/aromatic N) is 1. The monoisotopic (exact) mass is 264 g/mol. The molecule has 18 heavy (non-hydrogen) atoms. The van der Waals surface area contributed by atoms with Crippen LogP contribution in [0.25, 0.3) is 0 Å². The van der Waals surface area contributed by atoms with Crippen LogP contribution in [0.15, 0.2) is 18.2 Å². The molecule has 0 aromatic heterocycles. The van der Waals surface area contributed by atoms with Gasteiger partial charge in [0, 0.05) is 17.6 Å². The Morgan fingerprint density at radius 1 is 1.39 bits per heavy atom. The van der Waals surface area contributed by atoms with Crippen molar-refractivity contribution in [3.63, 3.8) is 0 Å². The van der Waals surface area contributed by atoms with E-state index < -0.39 is 0 Å². The molecular weight excluding hydrogens is 248 g/mol. The molecule has 1 heterocycles. The first-order chi connectivity index (χ1) is 8.49. The zero-order valence-corrected chi connectivity index (χ0v) is 11.4. The van der Waals surface area contributed by atoms with Gasteiger partial charge in [0.15, 0.2) is 0 Å². The van der Waals surface area contributed by atoms with E-state index in [0.29, 0.717) is 17.6 Å². The average Bonchev–Trinajstić information content (AvgIpc) is 3.12. The summed E-state index contributed by atoms with van der Waals surface area (Å²) in [5.41, 5.74) is 1.56. The fraction of sp³-hybridized carbons (Fsp3) is 0.500. The highest BCUT2D eigenvalue weighted by molar-refractivity contribution is 6.31. The zero-order valence-electron chi connectivity index (χ0n) is 10.7. The normalized spacial score (nSPS) is 22.2. The van der Waals surface area contributed by atoms with Gasteiger partial charge in [0.25, 0.3) is 0 Å². The van der Waals surface area contributed by atoms with Crippen molar-refractivity contribution in [2.45, 2.75) is 32.7 Å². The Bertz CT molecular complexity index is 509. The van der Waals surface area contributed by atoms with Crippen molar-refractivity contribution < 1.29 is 4.79 Å². The second kappa shape index (κ2) is 3.89. The molecule has 96 valence electrons. The summed E-state index contributed by atoms with van der Waals surface area (Å²) in [6.45, 7) is 4.62. The lowest BCUT2D eigenvalue weighted by molar-refractivity contribution is -0.125. The first kappa shape index (κ1) is 11.8. The Labute approximate surface area is 112 Å². The molecule has 4 heteroatoms. The molecule has 0 atom stereocenters. The lowest BCUT2D eigenvalue weighted by atomic mass is 9.92. The minimum absolute atomic E-state index is 0.207. The lowest BCUT2D eigenvalue weighted by Crippen LogP contribution is -2.43. The molecule has 3 nitrogen and oxygen atoms in total. The SMILES string of the molecule is CC1(C)CNc2cc(Cl)ccc2N(C2CC2)C1=O. The lowest BCUT2D eigenvalue weighted by Gasteiger charge is -2.28. The highest BCUT2D eigenvalue weighted by Crippen LogP contribution is 2.42. The minimum Gasteiger partial charge on any atom is -0.382 e. The fourth-order valence-electron chi connectivity index (χ4n) is 2.38. The number of benzene rings is 1. The molecule has 1 N–H and O–H groups in total. The van der Waals surface area contributed by atoms with E-state index >= 15 is 0 Å². The fourth-order valence-corrected chi connectivity index (χ4v) is 2.55. The number of carbonyl (C=O) groups is 1. The first-order valence-corrected chi connectivity index (χ1v) is 6.74. The Morgan fingerprint density at radius 3 is 2.78 bits per heavy atom. The third-order valence-corrected chi connectivity index (χ3v) is 3.88. The summed E-state index contributed by atoms with van der Waals surface area (Å²) in [5, 5.41) is 4.05. The van der Waals surface area contributed by atoms with E-state index in [4.69, 9.17) is 11.6 Å². The molecule has 1 amide bonds. The van der Waals surface area contributed by atoms with Gasteiger partial charge in [0.1, 0.15) is 0 Å². The van der Waals surface area contributed by atoms with Crippen molar-refractivity contribution in [1.82, 2.24) is 0 Å². The van der Waals surface area contributed by atoms with Crippen molar-refractivity contribution in [1.29, 1.82) is 0 Å². The second-order valence-electron chi connectivity index (χ2n) is 5.81. The molecule has 0 radical (unpaired) electrons. The van der Waals surface area contributed by atoms with E-state index in [1.54, 1.807) is 0 Å². The van der Waals surface area contributed by atoms with Crippen LogP contribution in [-0.2, 0) is 4.79 Å². The van der Waals surface area contributed by atoms with Crippen molar-refractivity contribution in [3.05, 3.63) is 23.2 Å². The summed E-state index contributed by atoms with van der Waals surface area (Å²) >= 11 is 6.04. The maximum atomic E-state index is 12.6. The van der Waals surface area contributed by atoms with Gasteiger partial charge in [-0.3, -0.25) is 4.79 Å². The van der Waals surface area contributed by atoms with Crippen LogP contribution in [0.1, 0.15) is 26.7 Å².